The van der Waals surface area contributed by atoms with E-state index in [2.05, 4.69) is 5.32 Å². The van der Waals surface area contributed by atoms with Crippen molar-refractivity contribution in [2.75, 3.05) is 19.8 Å². The fraction of sp³-hybridized carbons (Fsp3) is 1.00. The predicted molar refractivity (Wildman–Crippen MR) is 48.3 cm³/mol. The minimum Gasteiger partial charge on any atom is -0.396 e. The Balaban J connectivity index is 2.50. The van der Waals surface area contributed by atoms with Crippen LogP contribution in [0.25, 0.3) is 0 Å². The molecule has 0 bridgehead atoms. The van der Waals surface area contributed by atoms with Crippen LogP contribution in [-0.4, -0.2) is 41.7 Å². The van der Waals surface area contributed by atoms with Gasteiger partial charge in [-0.05, 0) is 12.8 Å². The van der Waals surface area contributed by atoms with Crippen molar-refractivity contribution < 1.29 is 23.4 Å². The topological polar surface area (TPSA) is 52.5 Å². The molecule has 0 unspecified atom stereocenters. The fourth-order valence-corrected chi connectivity index (χ4v) is 1.23. The highest BCUT2D eigenvalue weighted by Crippen LogP contribution is 2.49. The summed E-state index contributed by atoms with van der Waals surface area (Å²) in [4.78, 5) is 0. The molecule has 15 heavy (non-hydrogen) atoms. The van der Waals surface area contributed by atoms with Gasteiger partial charge in [0.15, 0.2) is 0 Å². The predicted octanol–water partition coefficient (Wildman–Crippen LogP) is 0.662. The normalized spacial score (nSPS) is 20.4. The van der Waals surface area contributed by atoms with E-state index < -0.39 is 17.1 Å². The second kappa shape index (κ2) is 3.92. The summed E-state index contributed by atoms with van der Waals surface area (Å²) in [6.45, 7) is 0.806. The second-order valence-corrected chi connectivity index (χ2v) is 4.56. The highest BCUT2D eigenvalue weighted by atomic mass is 19.4. The zero-order valence-electron chi connectivity index (χ0n) is 8.56. The van der Waals surface area contributed by atoms with Crippen molar-refractivity contribution in [3.05, 3.63) is 0 Å². The molecule has 0 radical (unpaired) electrons. The molecule has 3 nitrogen and oxygen atoms in total. The summed E-state index contributed by atoms with van der Waals surface area (Å²) in [7, 11) is 0. The van der Waals surface area contributed by atoms with Gasteiger partial charge in [-0.3, -0.25) is 0 Å². The Morgan fingerprint density at radius 1 is 1.20 bits per heavy atom. The number of alkyl halides is 3. The minimum atomic E-state index is -4.25. The Labute approximate surface area is 86.3 Å². The first-order valence-electron chi connectivity index (χ1n) is 4.82. The molecule has 3 N–H and O–H groups in total. The van der Waals surface area contributed by atoms with E-state index in [1.165, 1.54) is 6.92 Å². The Bertz CT molecular complexity index is 222. The van der Waals surface area contributed by atoms with Crippen LogP contribution in [0.1, 0.15) is 19.8 Å². The number of nitrogens with one attached hydrogen (secondary N) is 1. The summed E-state index contributed by atoms with van der Waals surface area (Å²) >= 11 is 0. The first kappa shape index (κ1) is 12.7. The Kier molecular flexibility index (Phi) is 3.33. The van der Waals surface area contributed by atoms with Gasteiger partial charge in [-0.15, -0.1) is 0 Å². The van der Waals surface area contributed by atoms with Gasteiger partial charge in [0.05, 0.1) is 13.2 Å². The van der Waals surface area contributed by atoms with Crippen LogP contribution in [0, 0.1) is 5.41 Å². The van der Waals surface area contributed by atoms with E-state index in [-0.39, 0.29) is 32.6 Å². The largest absolute Gasteiger partial charge is 0.406 e. The molecular formula is C9H16F3NO2. The molecule has 0 aliphatic heterocycles. The van der Waals surface area contributed by atoms with Gasteiger partial charge in [0.2, 0.25) is 0 Å². The van der Waals surface area contributed by atoms with Crippen LogP contribution in [0.2, 0.25) is 0 Å². The molecule has 1 saturated carbocycles. The molecule has 0 aromatic rings. The maximum atomic E-state index is 12.5. The third kappa shape index (κ3) is 2.62. The van der Waals surface area contributed by atoms with E-state index in [1.54, 1.807) is 0 Å². The van der Waals surface area contributed by atoms with Crippen molar-refractivity contribution in [1.29, 1.82) is 0 Å². The lowest BCUT2D eigenvalue weighted by Gasteiger charge is -2.29. The number of halogens is 3. The standard InChI is InChI=1S/C9H16F3NO2/c1-7(5-14,6-15)4-13-8(2-3-8)9(10,11)12/h13-15H,2-6H2,1H3. The Hall–Kier alpha value is -0.330. The van der Waals surface area contributed by atoms with Crippen LogP contribution in [0.3, 0.4) is 0 Å². The van der Waals surface area contributed by atoms with E-state index >= 15 is 0 Å². The van der Waals surface area contributed by atoms with Crippen molar-refractivity contribution in [2.45, 2.75) is 31.5 Å². The van der Waals surface area contributed by atoms with Crippen molar-refractivity contribution in [3.63, 3.8) is 0 Å². The molecule has 1 aliphatic rings. The number of aliphatic hydroxyl groups is 2. The molecule has 6 heteroatoms. The fourth-order valence-electron chi connectivity index (χ4n) is 1.23. The van der Waals surface area contributed by atoms with Crippen molar-refractivity contribution in [2.24, 2.45) is 5.41 Å². The van der Waals surface area contributed by atoms with Crippen molar-refractivity contribution in [1.82, 2.24) is 5.32 Å². The van der Waals surface area contributed by atoms with Gasteiger partial charge in [-0.2, -0.15) is 13.2 Å². The maximum Gasteiger partial charge on any atom is 0.406 e. The van der Waals surface area contributed by atoms with Gasteiger partial charge >= 0.3 is 6.18 Å². The summed E-state index contributed by atoms with van der Waals surface area (Å²) in [6, 6.07) is 0. The SMILES string of the molecule is CC(CO)(CO)CNC1(C(F)(F)F)CC1. The molecule has 0 aromatic carbocycles. The molecule has 1 fully saturated rings. The van der Waals surface area contributed by atoms with E-state index in [9.17, 15) is 13.2 Å². The van der Waals surface area contributed by atoms with E-state index in [0.717, 1.165) is 0 Å². The van der Waals surface area contributed by atoms with Crippen LogP contribution in [0.4, 0.5) is 13.2 Å². The Morgan fingerprint density at radius 3 is 1.93 bits per heavy atom. The quantitative estimate of drug-likeness (QED) is 0.646. The molecule has 0 spiro atoms. The average Bonchev–Trinajstić information content (AvgIpc) is 2.94. The number of rotatable bonds is 5. The summed E-state index contributed by atoms with van der Waals surface area (Å²) in [5.74, 6) is 0. The summed E-state index contributed by atoms with van der Waals surface area (Å²) in [5.41, 5.74) is -2.68. The first-order valence-corrected chi connectivity index (χ1v) is 4.82. The van der Waals surface area contributed by atoms with Gasteiger partial charge < -0.3 is 15.5 Å². The smallest absolute Gasteiger partial charge is 0.396 e. The molecule has 0 aromatic heterocycles. The number of hydrogen-bond donors (Lipinski definition) is 3. The average molecular weight is 227 g/mol. The number of aliphatic hydroxyl groups excluding tert-OH is 2. The number of hydrogen-bond acceptors (Lipinski definition) is 3. The summed E-state index contributed by atoms with van der Waals surface area (Å²) in [5, 5.41) is 20.3. The molecule has 0 amide bonds. The van der Waals surface area contributed by atoms with E-state index in [4.69, 9.17) is 10.2 Å². The molecule has 0 saturated heterocycles. The highest BCUT2D eigenvalue weighted by molar-refractivity contribution is 5.08. The van der Waals surface area contributed by atoms with Crippen LogP contribution in [0.15, 0.2) is 0 Å². The summed E-state index contributed by atoms with van der Waals surface area (Å²) < 4.78 is 37.5. The molecular weight excluding hydrogens is 211 g/mol. The highest BCUT2D eigenvalue weighted by Gasteiger charge is 2.63. The van der Waals surface area contributed by atoms with Gasteiger partial charge in [-0.25, -0.2) is 0 Å². The molecule has 1 aliphatic carbocycles. The lowest BCUT2D eigenvalue weighted by molar-refractivity contribution is -0.167. The van der Waals surface area contributed by atoms with E-state index in [1.807, 2.05) is 0 Å². The lowest BCUT2D eigenvalue weighted by Crippen LogP contribution is -2.50. The molecule has 0 atom stereocenters. The first-order chi connectivity index (χ1) is 6.79. The third-order valence-electron chi connectivity index (χ3n) is 2.91. The van der Waals surface area contributed by atoms with Crippen molar-refractivity contribution >= 4 is 0 Å². The van der Waals surface area contributed by atoms with Gasteiger partial charge in [-0.1, -0.05) is 6.92 Å². The zero-order valence-corrected chi connectivity index (χ0v) is 8.56. The van der Waals surface area contributed by atoms with Crippen LogP contribution in [0.5, 0.6) is 0 Å². The molecule has 90 valence electrons. The molecule has 1 rings (SSSR count). The van der Waals surface area contributed by atoms with Crippen LogP contribution in [-0.2, 0) is 0 Å². The third-order valence-corrected chi connectivity index (χ3v) is 2.91. The van der Waals surface area contributed by atoms with Gasteiger partial charge in [0.1, 0.15) is 5.54 Å². The second-order valence-electron chi connectivity index (χ2n) is 4.56. The van der Waals surface area contributed by atoms with Gasteiger partial charge in [0, 0.05) is 12.0 Å². The Morgan fingerprint density at radius 2 is 1.67 bits per heavy atom. The monoisotopic (exact) mass is 227 g/mol. The maximum absolute atomic E-state index is 12.5. The zero-order chi connectivity index (χ0) is 11.7. The van der Waals surface area contributed by atoms with Gasteiger partial charge in [0.25, 0.3) is 0 Å². The van der Waals surface area contributed by atoms with E-state index in [0.29, 0.717) is 0 Å². The van der Waals surface area contributed by atoms with Crippen LogP contribution >= 0.6 is 0 Å². The molecule has 0 heterocycles. The van der Waals surface area contributed by atoms with Crippen LogP contribution < -0.4 is 5.32 Å². The summed E-state index contributed by atoms with van der Waals surface area (Å²) in [6.07, 6.45) is -4.11. The lowest BCUT2D eigenvalue weighted by atomic mass is 9.92. The minimum absolute atomic E-state index is 0.0422. The van der Waals surface area contributed by atoms with Crippen molar-refractivity contribution in [3.8, 4) is 0 Å².